The summed E-state index contributed by atoms with van der Waals surface area (Å²) in [6, 6.07) is 1.09. The topological polar surface area (TPSA) is 78.4 Å². The Kier molecular flexibility index (Phi) is 9.61. The van der Waals surface area contributed by atoms with E-state index in [9.17, 15) is 0 Å². The molecule has 218 valence electrons. The molecule has 3 heterocycles. The summed E-state index contributed by atoms with van der Waals surface area (Å²) >= 11 is 0. The highest BCUT2D eigenvalue weighted by Crippen LogP contribution is 2.36. The van der Waals surface area contributed by atoms with Crippen LogP contribution in [0.1, 0.15) is 121 Å². The maximum absolute atomic E-state index is 5.70. The zero-order chi connectivity index (χ0) is 28.4. The van der Waals surface area contributed by atoms with Crippen LogP contribution in [0.15, 0.2) is 0 Å². The van der Waals surface area contributed by atoms with Gasteiger partial charge in [0.15, 0.2) is 0 Å². The third kappa shape index (κ3) is 8.17. The second-order valence-electron chi connectivity index (χ2n) is 14.4. The minimum atomic E-state index is 0.0379. The molecule has 2 N–H and O–H groups in total. The van der Waals surface area contributed by atoms with Crippen molar-refractivity contribution < 1.29 is 4.74 Å². The molecular weight excluding hydrogens is 474 g/mol. The Hall–Kier alpha value is -1.67. The quantitative estimate of drug-likeness (QED) is 0.376. The molecule has 0 unspecified atom stereocenters. The number of piperidine rings is 2. The van der Waals surface area contributed by atoms with Gasteiger partial charge >= 0.3 is 6.01 Å². The first kappa shape index (κ1) is 30.9. The molecule has 2 saturated heterocycles. The Balaban J connectivity index is 2.06. The Morgan fingerprint density at radius 2 is 1.00 bits per heavy atom. The van der Waals surface area contributed by atoms with Crippen LogP contribution in [-0.4, -0.2) is 69.4 Å². The molecule has 1 aromatic heterocycles. The molecule has 38 heavy (non-hydrogen) atoms. The molecule has 0 aromatic carbocycles. The number of nitrogens with one attached hydrogen (secondary N) is 2. The van der Waals surface area contributed by atoms with Gasteiger partial charge in [-0.3, -0.25) is 0 Å². The van der Waals surface area contributed by atoms with E-state index < -0.39 is 0 Å². The molecule has 0 saturated carbocycles. The van der Waals surface area contributed by atoms with Crippen molar-refractivity contribution in [2.45, 2.75) is 155 Å². The summed E-state index contributed by atoms with van der Waals surface area (Å²) in [6.07, 6.45) is 8.63. The van der Waals surface area contributed by atoms with Crippen LogP contribution in [0.2, 0.25) is 0 Å². The van der Waals surface area contributed by atoms with Crippen molar-refractivity contribution in [2.75, 3.05) is 30.0 Å². The van der Waals surface area contributed by atoms with Crippen molar-refractivity contribution in [1.29, 1.82) is 0 Å². The molecule has 3 rings (SSSR count). The highest BCUT2D eigenvalue weighted by atomic mass is 16.5. The standard InChI is InChI=1S/C30H57N7O/c1-12-14-16-36(22-18-27(3,4)34-28(5,6)19-22)24-31-25(33-26(32-24)38-11)37(17-15-13-2)23-20-29(7,8)35-30(9,10)21-23/h22-23,34-35H,12-21H2,1-11H3. The second kappa shape index (κ2) is 11.8. The number of methoxy groups -OCH3 is 1. The van der Waals surface area contributed by atoms with Gasteiger partial charge in [0.2, 0.25) is 11.9 Å². The van der Waals surface area contributed by atoms with Gasteiger partial charge in [-0.1, -0.05) is 26.7 Å². The van der Waals surface area contributed by atoms with Crippen LogP contribution in [0.4, 0.5) is 11.9 Å². The number of ether oxygens (including phenoxy) is 1. The fraction of sp³-hybridized carbons (Fsp3) is 0.900. The number of hydrogen-bond donors (Lipinski definition) is 2. The van der Waals surface area contributed by atoms with E-state index in [1.807, 2.05) is 0 Å². The summed E-state index contributed by atoms with van der Waals surface area (Å²) in [4.78, 5) is 19.9. The summed E-state index contributed by atoms with van der Waals surface area (Å²) < 4.78 is 5.70. The fourth-order valence-electron chi connectivity index (χ4n) is 7.21. The van der Waals surface area contributed by atoms with Crippen LogP contribution in [-0.2, 0) is 0 Å². The first-order valence-corrected chi connectivity index (χ1v) is 15.0. The normalized spacial score (nSPS) is 22.7. The van der Waals surface area contributed by atoms with Crippen LogP contribution in [0, 0.1) is 0 Å². The molecule has 0 radical (unpaired) electrons. The van der Waals surface area contributed by atoms with Gasteiger partial charge in [0, 0.05) is 47.3 Å². The number of aromatic nitrogens is 3. The van der Waals surface area contributed by atoms with Gasteiger partial charge in [-0.15, -0.1) is 0 Å². The van der Waals surface area contributed by atoms with Gasteiger partial charge in [0.25, 0.3) is 0 Å². The third-order valence-corrected chi connectivity index (χ3v) is 8.01. The van der Waals surface area contributed by atoms with Crippen molar-refractivity contribution in [1.82, 2.24) is 25.6 Å². The van der Waals surface area contributed by atoms with E-state index in [0.717, 1.165) is 76.4 Å². The Bertz CT molecular complexity index is 814. The number of rotatable bonds is 11. The molecule has 1 aromatic rings. The van der Waals surface area contributed by atoms with Gasteiger partial charge in [0.05, 0.1) is 7.11 Å². The van der Waals surface area contributed by atoms with Gasteiger partial charge in [-0.25, -0.2) is 0 Å². The minimum absolute atomic E-state index is 0.0379. The van der Waals surface area contributed by atoms with Gasteiger partial charge in [0.1, 0.15) is 0 Å². The second-order valence-corrected chi connectivity index (χ2v) is 14.4. The van der Waals surface area contributed by atoms with E-state index in [1.165, 1.54) is 0 Å². The predicted octanol–water partition coefficient (Wildman–Crippen LogP) is 5.71. The molecule has 2 fully saturated rings. The summed E-state index contributed by atoms with van der Waals surface area (Å²) in [6.45, 7) is 24.9. The van der Waals surface area contributed by atoms with E-state index >= 15 is 0 Å². The lowest BCUT2D eigenvalue weighted by Crippen LogP contribution is -2.63. The van der Waals surface area contributed by atoms with E-state index in [4.69, 9.17) is 19.7 Å². The van der Waals surface area contributed by atoms with Gasteiger partial charge in [-0.2, -0.15) is 15.0 Å². The Labute approximate surface area is 233 Å². The van der Waals surface area contributed by atoms with Crippen molar-refractivity contribution in [3.8, 4) is 6.01 Å². The highest BCUT2D eigenvalue weighted by molar-refractivity contribution is 5.43. The van der Waals surface area contributed by atoms with E-state index in [0.29, 0.717) is 18.1 Å². The molecular formula is C30H57N7O. The van der Waals surface area contributed by atoms with Crippen LogP contribution in [0.25, 0.3) is 0 Å². The molecule has 2 aliphatic heterocycles. The molecule has 8 heteroatoms. The average Bonchev–Trinajstić information content (AvgIpc) is 2.75. The third-order valence-electron chi connectivity index (χ3n) is 8.01. The van der Waals surface area contributed by atoms with Gasteiger partial charge < -0.3 is 25.2 Å². The summed E-state index contributed by atoms with van der Waals surface area (Å²) in [5.74, 6) is 1.51. The molecule has 8 nitrogen and oxygen atoms in total. The summed E-state index contributed by atoms with van der Waals surface area (Å²) in [5, 5.41) is 7.68. The lowest BCUT2D eigenvalue weighted by molar-refractivity contribution is 0.157. The van der Waals surface area contributed by atoms with Crippen molar-refractivity contribution in [3.05, 3.63) is 0 Å². The fourth-order valence-corrected chi connectivity index (χ4v) is 7.21. The molecule has 0 aliphatic carbocycles. The lowest BCUT2D eigenvalue weighted by Gasteiger charge is -2.50. The number of hydrogen-bond acceptors (Lipinski definition) is 8. The number of anilines is 2. The molecule has 0 amide bonds. The Morgan fingerprint density at radius 1 is 0.658 bits per heavy atom. The number of unbranched alkanes of at least 4 members (excludes halogenated alkanes) is 2. The summed E-state index contributed by atoms with van der Waals surface area (Å²) in [5.41, 5.74) is 0.152. The van der Waals surface area contributed by atoms with Crippen LogP contribution < -0.4 is 25.2 Å². The molecule has 0 spiro atoms. The Morgan fingerprint density at radius 3 is 1.29 bits per heavy atom. The highest BCUT2D eigenvalue weighted by Gasteiger charge is 2.42. The van der Waals surface area contributed by atoms with Crippen LogP contribution >= 0.6 is 0 Å². The predicted molar refractivity (Wildman–Crippen MR) is 160 cm³/mol. The SMILES string of the molecule is CCCCN(c1nc(OC)nc(N(CCCC)C2CC(C)(C)NC(C)(C)C2)n1)C1CC(C)(C)NC(C)(C)C1. The van der Waals surface area contributed by atoms with Crippen molar-refractivity contribution in [2.24, 2.45) is 0 Å². The molecule has 0 bridgehead atoms. The monoisotopic (exact) mass is 531 g/mol. The van der Waals surface area contributed by atoms with Crippen molar-refractivity contribution in [3.63, 3.8) is 0 Å². The van der Waals surface area contributed by atoms with E-state index in [2.05, 4.69) is 89.7 Å². The van der Waals surface area contributed by atoms with E-state index in [1.54, 1.807) is 7.11 Å². The summed E-state index contributed by atoms with van der Waals surface area (Å²) in [7, 11) is 1.67. The lowest BCUT2D eigenvalue weighted by atomic mass is 9.79. The number of nitrogens with zero attached hydrogens (tertiary/aromatic N) is 5. The molecule has 0 atom stereocenters. The van der Waals surface area contributed by atoms with Gasteiger partial charge in [-0.05, 0) is 93.9 Å². The average molecular weight is 532 g/mol. The smallest absolute Gasteiger partial charge is 0.322 e. The van der Waals surface area contributed by atoms with E-state index in [-0.39, 0.29) is 22.2 Å². The molecule has 2 aliphatic rings. The maximum atomic E-state index is 5.70. The van der Waals surface area contributed by atoms with Crippen LogP contribution in [0.3, 0.4) is 0 Å². The first-order valence-electron chi connectivity index (χ1n) is 15.0. The maximum Gasteiger partial charge on any atom is 0.322 e. The largest absolute Gasteiger partial charge is 0.467 e. The van der Waals surface area contributed by atoms with Crippen molar-refractivity contribution >= 4 is 11.9 Å². The zero-order valence-corrected chi connectivity index (χ0v) is 26.4. The zero-order valence-electron chi connectivity index (χ0n) is 26.4. The minimum Gasteiger partial charge on any atom is -0.467 e. The first-order chi connectivity index (χ1) is 17.6. The van der Waals surface area contributed by atoms with Crippen LogP contribution in [0.5, 0.6) is 6.01 Å².